The standard InChI is InChI=1S/C16H27N3O3S/c1-14-12-18(10-11-19(14)13-15(2)20)9-8-17-23(21,22)16-6-4-3-5-7-16/h3-7,14-15,17,20H,8-13H2,1-2H3. The summed E-state index contributed by atoms with van der Waals surface area (Å²) < 4.78 is 26.9. The first-order chi connectivity index (χ1) is 10.9. The number of benzene rings is 1. The molecule has 1 aliphatic rings. The summed E-state index contributed by atoms with van der Waals surface area (Å²) in [5.41, 5.74) is 0. The lowest BCUT2D eigenvalue weighted by Crippen LogP contribution is -2.54. The molecular weight excluding hydrogens is 314 g/mol. The van der Waals surface area contributed by atoms with Crippen LogP contribution in [-0.4, -0.2) is 74.7 Å². The predicted octanol–water partition coefficient (Wildman–Crippen LogP) is 0.352. The van der Waals surface area contributed by atoms with Crippen LogP contribution in [0.1, 0.15) is 13.8 Å². The highest BCUT2D eigenvalue weighted by atomic mass is 32.2. The molecule has 0 aromatic heterocycles. The average Bonchev–Trinajstić information content (AvgIpc) is 2.50. The van der Waals surface area contributed by atoms with E-state index in [4.69, 9.17) is 0 Å². The van der Waals surface area contributed by atoms with Gasteiger partial charge >= 0.3 is 0 Å². The second-order valence-electron chi connectivity index (χ2n) is 6.20. The second-order valence-corrected chi connectivity index (χ2v) is 7.97. The minimum absolute atomic E-state index is 0.301. The average molecular weight is 341 g/mol. The van der Waals surface area contributed by atoms with E-state index < -0.39 is 10.0 Å². The first-order valence-electron chi connectivity index (χ1n) is 8.07. The first kappa shape index (κ1) is 18.4. The van der Waals surface area contributed by atoms with Crippen LogP contribution in [0.2, 0.25) is 0 Å². The maximum atomic E-state index is 12.1. The molecule has 0 saturated carbocycles. The summed E-state index contributed by atoms with van der Waals surface area (Å²) >= 11 is 0. The summed E-state index contributed by atoms with van der Waals surface area (Å²) in [6.07, 6.45) is -0.318. The van der Waals surface area contributed by atoms with E-state index in [2.05, 4.69) is 21.4 Å². The van der Waals surface area contributed by atoms with Gasteiger partial charge in [0, 0.05) is 45.3 Å². The van der Waals surface area contributed by atoms with Gasteiger partial charge in [0.1, 0.15) is 0 Å². The lowest BCUT2D eigenvalue weighted by molar-refractivity contribution is 0.0460. The van der Waals surface area contributed by atoms with Crippen LogP contribution in [0.3, 0.4) is 0 Å². The molecule has 6 nitrogen and oxygen atoms in total. The van der Waals surface area contributed by atoms with Crippen molar-refractivity contribution in [1.82, 2.24) is 14.5 Å². The van der Waals surface area contributed by atoms with E-state index in [9.17, 15) is 13.5 Å². The Morgan fingerprint density at radius 2 is 2.00 bits per heavy atom. The van der Waals surface area contributed by atoms with Crippen molar-refractivity contribution in [2.75, 3.05) is 39.3 Å². The lowest BCUT2D eigenvalue weighted by atomic mass is 10.1. The summed E-state index contributed by atoms with van der Waals surface area (Å²) in [7, 11) is -3.42. The molecule has 1 fully saturated rings. The van der Waals surface area contributed by atoms with E-state index in [1.165, 1.54) is 0 Å². The highest BCUT2D eigenvalue weighted by Crippen LogP contribution is 2.10. The third-order valence-corrected chi connectivity index (χ3v) is 5.60. The monoisotopic (exact) mass is 341 g/mol. The highest BCUT2D eigenvalue weighted by molar-refractivity contribution is 7.89. The van der Waals surface area contributed by atoms with Gasteiger partial charge in [-0.05, 0) is 26.0 Å². The van der Waals surface area contributed by atoms with Crippen molar-refractivity contribution in [2.45, 2.75) is 30.9 Å². The van der Waals surface area contributed by atoms with Crippen molar-refractivity contribution in [3.63, 3.8) is 0 Å². The molecule has 7 heteroatoms. The molecule has 0 amide bonds. The summed E-state index contributed by atoms with van der Waals surface area (Å²) in [5.74, 6) is 0. The maximum absolute atomic E-state index is 12.1. The van der Waals surface area contributed by atoms with Crippen LogP contribution in [0.5, 0.6) is 0 Å². The molecule has 0 spiro atoms. The normalized spacial score (nSPS) is 22.1. The van der Waals surface area contributed by atoms with Crippen LogP contribution in [0.25, 0.3) is 0 Å². The van der Waals surface area contributed by atoms with Gasteiger partial charge in [0.2, 0.25) is 10.0 Å². The largest absolute Gasteiger partial charge is 0.392 e. The molecule has 0 aliphatic carbocycles. The Morgan fingerprint density at radius 3 is 2.61 bits per heavy atom. The minimum Gasteiger partial charge on any atom is -0.392 e. The number of nitrogens with zero attached hydrogens (tertiary/aromatic N) is 2. The van der Waals surface area contributed by atoms with Gasteiger partial charge in [-0.25, -0.2) is 13.1 Å². The van der Waals surface area contributed by atoms with Gasteiger partial charge in [-0.3, -0.25) is 9.80 Å². The number of nitrogens with one attached hydrogen (secondary N) is 1. The molecule has 1 saturated heterocycles. The Kier molecular flexibility index (Phi) is 6.55. The van der Waals surface area contributed by atoms with Crippen LogP contribution >= 0.6 is 0 Å². The van der Waals surface area contributed by atoms with Crippen molar-refractivity contribution in [2.24, 2.45) is 0 Å². The van der Waals surface area contributed by atoms with E-state index >= 15 is 0 Å². The molecule has 2 atom stereocenters. The third-order valence-electron chi connectivity index (χ3n) is 4.12. The Balaban J connectivity index is 1.77. The van der Waals surface area contributed by atoms with Crippen LogP contribution < -0.4 is 4.72 Å². The number of aliphatic hydroxyl groups is 1. The van der Waals surface area contributed by atoms with E-state index in [0.717, 1.165) is 19.6 Å². The quantitative estimate of drug-likeness (QED) is 0.749. The Labute approximate surface area is 139 Å². The molecule has 2 rings (SSSR count). The summed E-state index contributed by atoms with van der Waals surface area (Å²) in [5, 5.41) is 9.50. The van der Waals surface area contributed by atoms with Crippen molar-refractivity contribution in [1.29, 1.82) is 0 Å². The zero-order valence-corrected chi connectivity index (χ0v) is 14.7. The van der Waals surface area contributed by atoms with Crippen LogP contribution in [0, 0.1) is 0 Å². The molecule has 130 valence electrons. The van der Waals surface area contributed by atoms with Gasteiger partial charge in [0.05, 0.1) is 11.0 Å². The van der Waals surface area contributed by atoms with Crippen molar-refractivity contribution in [3.8, 4) is 0 Å². The number of β-amino-alcohol motifs (C(OH)–C–C–N with tert-alkyl or cyclic N) is 1. The van der Waals surface area contributed by atoms with Crippen molar-refractivity contribution >= 4 is 10.0 Å². The van der Waals surface area contributed by atoms with Gasteiger partial charge < -0.3 is 5.11 Å². The molecule has 2 unspecified atom stereocenters. The number of sulfonamides is 1. The van der Waals surface area contributed by atoms with Gasteiger partial charge in [0.25, 0.3) is 0 Å². The smallest absolute Gasteiger partial charge is 0.240 e. The Bertz CT molecular complexity index is 577. The number of hydrogen-bond donors (Lipinski definition) is 2. The summed E-state index contributed by atoms with van der Waals surface area (Å²) in [4.78, 5) is 4.83. The maximum Gasteiger partial charge on any atom is 0.240 e. The van der Waals surface area contributed by atoms with Crippen LogP contribution in [-0.2, 0) is 10.0 Å². The van der Waals surface area contributed by atoms with Gasteiger partial charge in [0.15, 0.2) is 0 Å². The zero-order chi connectivity index (χ0) is 16.9. The summed E-state index contributed by atoms with van der Waals surface area (Å²) in [6.45, 7) is 8.41. The van der Waals surface area contributed by atoms with Gasteiger partial charge in [-0.2, -0.15) is 0 Å². The lowest BCUT2D eigenvalue weighted by Gasteiger charge is -2.40. The Hall–Kier alpha value is -0.990. The van der Waals surface area contributed by atoms with E-state index in [1.54, 1.807) is 37.3 Å². The number of hydrogen-bond acceptors (Lipinski definition) is 5. The number of rotatable bonds is 7. The van der Waals surface area contributed by atoms with Crippen LogP contribution in [0.15, 0.2) is 35.2 Å². The zero-order valence-electron chi connectivity index (χ0n) is 13.9. The van der Waals surface area contributed by atoms with Gasteiger partial charge in [-0.15, -0.1) is 0 Å². The molecular formula is C16H27N3O3S. The molecule has 1 aliphatic heterocycles. The van der Waals surface area contributed by atoms with E-state index in [0.29, 0.717) is 30.6 Å². The SMILES string of the molecule is CC(O)CN1CCN(CCNS(=O)(=O)c2ccccc2)CC1C. The van der Waals surface area contributed by atoms with Crippen molar-refractivity contribution < 1.29 is 13.5 Å². The second kappa shape index (κ2) is 8.21. The molecule has 23 heavy (non-hydrogen) atoms. The molecule has 1 aromatic carbocycles. The number of piperazine rings is 1. The highest BCUT2D eigenvalue weighted by Gasteiger charge is 2.24. The fourth-order valence-corrected chi connectivity index (χ4v) is 3.95. The third kappa shape index (κ3) is 5.54. The first-order valence-corrected chi connectivity index (χ1v) is 9.56. The van der Waals surface area contributed by atoms with Crippen molar-refractivity contribution in [3.05, 3.63) is 30.3 Å². The topological polar surface area (TPSA) is 72.9 Å². The van der Waals surface area contributed by atoms with E-state index in [-0.39, 0.29) is 6.10 Å². The van der Waals surface area contributed by atoms with Gasteiger partial charge in [-0.1, -0.05) is 18.2 Å². The molecule has 0 radical (unpaired) electrons. The van der Waals surface area contributed by atoms with Crippen LogP contribution in [0.4, 0.5) is 0 Å². The Morgan fingerprint density at radius 1 is 1.30 bits per heavy atom. The molecule has 0 bridgehead atoms. The molecule has 2 N–H and O–H groups in total. The fourth-order valence-electron chi connectivity index (χ4n) is 2.91. The van der Waals surface area contributed by atoms with E-state index in [1.807, 2.05) is 0 Å². The predicted molar refractivity (Wildman–Crippen MR) is 90.8 cm³/mol. The minimum atomic E-state index is -3.42. The molecule has 1 aromatic rings. The number of aliphatic hydroxyl groups excluding tert-OH is 1. The fraction of sp³-hybridized carbons (Fsp3) is 0.625. The summed E-state index contributed by atoms with van der Waals surface area (Å²) in [6, 6.07) is 8.80. The molecule has 1 heterocycles.